The minimum Gasteiger partial charge on any atom is -0.480 e. The zero-order valence-corrected chi connectivity index (χ0v) is 10.5. The Morgan fingerprint density at radius 3 is 2.94 bits per heavy atom. The summed E-state index contributed by atoms with van der Waals surface area (Å²) in [5, 5.41) is 7.09. The first-order valence-electron chi connectivity index (χ1n) is 5.31. The number of ether oxygens (including phenoxy) is 1. The molecule has 0 fully saturated rings. The van der Waals surface area contributed by atoms with Crippen LogP contribution in [0.4, 0.5) is 5.69 Å². The van der Waals surface area contributed by atoms with Crippen molar-refractivity contribution < 1.29 is 9.53 Å². The number of halogens is 1. The summed E-state index contributed by atoms with van der Waals surface area (Å²) in [4.78, 5) is 11.6. The van der Waals surface area contributed by atoms with E-state index in [2.05, 4.69) is 10.4 Å². The molecule has 0 spiro atoms. The predicted octanol–water partition coefficient (Wildman–Crippen LogP) is 2.09. The fourth-order valence-electron chi connectivity index (χ4n) is 1.37. The van der Waals surface area contributed by atoms with Gasteiger partial charge in [0.2, 0.25) is 0 Å². The number of carbonyl (C=O) groups is 1. The standard InChI is InChI=1S/C12H12ClN3O2/c1-16-7-9(6-14-16)18-8-12(17)15-11-5-3-2-4-10(11)13/h2-7H,8H2,1H3,(H,15,17). The summed E-state index contributed by atoms with van der Waals surface area (Å²) in [6.07, 6.45) is 3.23. The Kier molecular flexibility index (Phi) is 3.84. The van der Waals surface area contributed by atoms with E-state index < -0.39 is 0 Å². The van der Waals surface area contributed by atoms with Crippen LogP contribution >= 0.6 is 11.6 Å². The van der Waals surface area contributed by atoms with Crippen LogP contribution < -0.4 is 10.1 Å². The molecule has 0 unspecified atom stereocenters. The van der Waals surface area contributed by atoms with E-state index in [1.165, 1.54) is 0 Å². The minimum atomic E-state index is -0.271. The first-order chi connectivity index (χ1) is 8.65. The van der Waals surface area contributed by atoms with Crippen molar-refractivity contribution in [2.75, 3.05) is 11.9 Å². The van der Waals surface area contributed by atoms with Gasteiger partial charge in [-0.25, -0.2) is 0 Å². The van der Waals surface area contributed by atoms with Gasteiger partial charge < -0.3 is 10.1 Å². The average Bonchev–Trinajstić information content (AvgIpc) is 2.76. The molecule has 1 aromatic carbocycles. The number of nitrogens with zero attached hydrogens (tertiary/aromatic N) is 2. The van der Waals surface area contributed by atoms with E-state index in [0.717, 1.165) is 0 Å². The molecule has 1 amide bonds. The summed E-state index contributed by atoms with van der Waals surface area (Å²) in [7, 11) is 1.77. The number of rotatable bonds is 4. The highest BCUT2D eigenvalue weighted by atomic mass is 35.5. The van der Waals surface area contributed by atoms with Crippen LogP contribution in [-0.2, 0) is 11.8 Å². The molecule has 6 heteroatoms. The van der Waals surface area contributed by atoms with Crippen LogP contribution in [-0.4, -0.2) is 22.3 Å². The highest BCUT2D eigenvalue weighted by Crippen LogP contribution is 2.20. The van der Waals surface area contributed by atoms with Gasteiger partial charge in [0.15, 0.2) is 12.4 Å². The summed E-state index contributed by atoms with van der Waals surface area (Å²) in [5.74, 6) is 0.277. The number of para-hydroxylation sites is 1. The molecule has 0 radical (unpaired) electrons. The molecule has 1 N–H and O–H groups in total. The summed E-state index contributed by atoms with van der Waals surface area (Å²) in [6.45, 7) is -0.0864. The van der Waals surface area contributed by atoms with Gasteiger partial charge in [-0.15, -0.1) is 0 Å². The molecular formula is C12H12ClN3O2. The van der Waals surface area contributed by atoms with Gasteiger partial charge >= 0.3 is 0 Å². The third-order valence-electron chi connectivity index (χ3n) is 2.20. The first-order valence-corrected chi connectivity index (χ1v) is 5.69. The van der Waals surface area contributed by atoms with Crippen molar-refractivity contribution in [2.24, 2.45) is 7.05 Å². The molecule has 0 bridgehead atoms. The second-order valence-electron chi connectivity index (χ2n) is 3.67. The van der Waals surface area contributed by atoms with E-state index in [-0.39, 0.29) is 12.5 Å². The van der Waals surface area contributed by atoms with E-state index in [1.807, 2.05) is 0 Å². The van der Waals surface area contributed by atoms with Crippen LogP contribution in [0.1, 0.15) is 0 Å². The van der Waals surface area contributed by atoms with Crippen LogP contribution in [0.25, 0.3) is 0 Å². The van der Waals surface area contributed by atoms with Crippen LogP contribution in [0, 0.1) is 0 Å². The maximum Gasteiger partial charge on any atom is 0.262 e. The van der Waals surface area contributed by atoms with E-state index in [9.17, 15) is 4.79 Å². The molecule has 0 aliphatic carbocycles. The highest BCUT2D eigenvalue weighted by molar-refractivity contribution is 6.33. The van der Waals surface area contributed by atoms with Crippen molar-refractivity contribution in [3.05, 3.63) is 41.7 Å². The van der Waals surface area contributed by atoms with Crippen molar-refractivity contribution in [3.63, 3.8) is 0 Å². The van der Waals surface area contributed by atoms with Crippen molar-refractivity contribution in [1.82, 2.24) is 9.78 Å². The maximum absolute atomic E-state index is 11.6. The lowest BCUT2D eigenvalue weighted by molar-refractivity contribution is -0.118. The third-order valence-corrected chi connectivity index (χ3v) is 2.53. The Morgan fingerprint density at radius 2 is 2.28 bits per heavy atom. The Balaban J connectivity index is 1.88. The summed E-state index contributed by atoms with van der Waals surface area (Å²) < 4.78 is 6.86. The van der Waals surface area contributed by atoms with Crippen molar-refractivity contribution in [1.29, 1.82) is 0 Å². The fraction of sp³-hybridized carbons (Fsp3) is 0.167. The molecule has 0 aliphatic heterocycles. The summed E-state index contributed by atoms with van der Waals surface area (Å²) in [5.41, 5.74) is 0.568. The third kappa shape index (κ3) is 3.24. The lowest BCUT2D eigenvalue weighted by Gasteiger charge is -2.07. The highest BCUT2D eigenvalue weighted by Gasteiger charge is 2.06. The molecule has 94 valence electrons. The number of hydrogen-bond acceptors (Lipinski definition) is 3. The Labute approximate surface area is 109 Å². The SMILES string of the molecule is Cn1cc(OCC(=O)Nc2ccccc2Cl)cn1. The molecule has 5 nitrogen and oxygen atoms in total. The Morgan fingerprint density at radius 1 is 1.50 bits per heavy atom. The number of aryl methyl sites for hydroxylation is 1. The molecule has 2 aromatic rings. The zero-order valence-electron chi connectivity index (χ0n) is 9.76. The summed E-state index contributed by atoms with van der Waals surface area (Å²) >= 11 is 5.92. The number of benzene rings is 1. The molecule has 1 aromatic heterocycles. The predicted molar refractivity (Wildman–Crippen MR) is 68.8 cm³/mol. The number of anilines is 1. The monoisotopic (exact) mass is 265 g/mol. The second-order valence-corrected chi connectivity index (χ2v) is 4.07. The van der Waals surface area contributed by atoms with Crippen molar-refractivity contribution in [3.8, 4) is 5.75 Å². The zero-order chi connectivity index (χ0) is 13.0. The summed E-state index contributed by atoms with van der Waals surface area (Å²) in [6, 6.07) is 7.02. The van der Waals surface area contributed by atoms with Gasteiger partial charge in [0.1, 0.15) is 0 Å². The molecule has 0 saturated heterocycles. The molecule has 2 rings (SSSR count). The Bertz CT molecular complexity index is 554. The normalized spacial score (nSPS) is 10.1. The molecule has 0 atom stereocenters. The van der Waals surface area contributed by atoms with Gasteiger partial charge in [0.25, 0.3) is 5.91 Å². The molecule has 0 aliphatic rings. The largest absolute Gasteiger partial charge is 0.480 e. The Hall–Kier alpha value is -2.01. The van der Waals surface area contributed by atoms with Gasteiger partial charge in [-0.05, 0) is 12.1 Å². The van der Waals surface area contributed by atoms with Gasteiger partial charge in [0, 0.05) is 7.05 Å². The van der Waals surface area contributed by atoms with E-state index in [4.69, 9.17) is 16.3 Å². The minimum absolute atomic E-state index is 0.0864. The van der Waals surface area contributed by atoms with Crippen molar-refractivity contribution in [2.45, 2.75) is 0 Å². The number of carbonyl (C=O) groups excluding carboxylic acids is 1. The molecular weight excluding hydrogens is 254 g/mol. The lowest BCUT2D eigenvalue weighted by atomic mass is 10.3. The molecule has 1 heterocycles. The quantitative estimate of drug-likeness (QED) is 0.921. The fourth-order valence-corrected chi connectivity index (χ4v) is 1.55. The van der Waals surface area contributed by atoms with Gasteiger partial charge in [-0.2, -0.15) is 5.10 Å². The van der Waals surface area contributed by atoms with Crippen LogP contribution in [0.2, 0.25) is 5.02 Å². The number of nitrogens with one attached hydrogen (secondary N) is 1. The molecule has 18 heavy (non-hydrogen) atoms. The van der Waals surface area contributed by atoms with E-state index in [0.29, 0.717) is 16.5 Å². The van der Waals surface area contributed by atoms with Gasteiger partial charge in [0.05, 0.1) is 23.1 Å². The first kappa shape index (κ1) is 12.4. The average molecular weight is 266 g/mol. The topological polar surface area (TPSA) is 56.1 Å². The van der Waals surface area contributed by atoms with Crippen molar-refractivity contribution >= 4 is 23.2 Å². The van der Waals surface area contributed by atoms with Crippen LogP contribution in [0.3, 0.4) is 0 Å². The maximum atomic E-state index is 11.6. The van der Waals surface area contributed by atoms with Gasteiger partial charge in [-0.1, -0.05) is 23.7 Å². The van der Waals surface area contributed by atoms with Crippen LogP contribution in [0.5, 0.6) is 5.75 Å². The van der Waals surface area contributed by atoms with E-state index >= 15 is 0 Å². The number of amides is 1. The second kappa shape index (κ2) is 5.55. The smallest absolute Gasteiger partial charge is 0.262 e. The lowest BCUT2D eigenvalue weighted by Crippen LogP contribution is -2.20. The van der Waals surface area contributed by atoms with E-state index in [1.54, 1.807) is 48.4 Å². The molecule has 0 saturated carbocycles. The number of aromatic nitrogens is 2. The van der Waals surface area contributed by atoms with Gasteiger partial charge in [-0.3, -0.25) is 9.48 Å². The number of hydrogen-bond donors (Lipinski definition) is 1. The van der Waals surface area contributed by atoms with Crippen LogP contribution in [0.15, 0.2) is 36.7 Å².